The minimum Gasteiger partial charge on any atom is -0.350 e. The van der Waals surface area contributed by atoms with Crippen LogP contribution in [0.5, 0.6) is 0 Å². The van der Waals surface area contributed by atoms with Gasteiger partial charge in [-0.15, -0.1) is 0 Å². The van der Waals surface area contributed by atoms with E-state index in [2.05, 4.69) is 49.8 Å². The van der Waals surface area contributed by atoms with Crippen LogP contribution in [0.3, 0.4) is 0 Å². The van der Waals surface area contributed by atoms with Crippen LogP contribution in [0.15, 0.2) is 29.7 Å². The molecule has 3 aromatic heterocycles. The number of pyridine rings is 1. The van der Waals surface area contributed by atoms with Crippen molar-refractivity contribution in [3.8, 4) is 0 Å². The van der Waals surface area contributed by atoms with Gasteiger partial charge >= 0.3 is 0 Å². The monoisotopic (exact) mass is 440 g/mol. The summed E-state index contributed by atoms with van der Waals surface area (Å²) in [6.07, 6.45) is 7.52. The topological polar surface area (TPSA) is 109 Å². The first-order valence-corrected chi connectivity index (χ1v) is 11.8. The fourth-order valence-corrected chi connectivity index (χ4v) is 3.93. The summed E-state index contributed by atoms with van der Waals surface area (Å²) >= 11 is 1.50. The van der Waals surface area contributed by atoms with Crippen molar-refractivity contribution in [1.82, 2.24) is 29.9 Å². The van der Waals surface area contributed by atoms with E-state index in [1.54, 1.807) is 10.7 Å². The number of thioether (sulfide) groups is 1. The van der Waals surface area contributed by atoms with Crippen LogP contribution < -0.4 is 16.0 Å². The van der Waals surface area contributed by atoms with Gasteiger partial charge in [-0.25, -0.2) is 9.97 Å². The smallest absolute Gasteiger partial charge is 0.229 e. The lowest BCUT2D eigenvalue weighted by Crippen LogP contribution is -2.37. The number of hydrogen-bond donors (Lipinski definition) is 3. The molecule has 10 heteroatoms. The summed E-state index contributed by atoms with van der Waals surface area (Å²) in [4.78, 5) is 26.0. The number of carbonyl (C=O) groups excluding carboxylic acids is 1. The van der Waals surface area contributed by atoms with Gasteiger partial charge in [-0.2, -0.15) is 14.6 Å². The van der Waals surface area contributed by atoms with E-state index in [0.29, 0.717) is 29.4 Å². The number of nitrogens with zero attached hydrogens (tertiary/aromatic N) is 5. The van der Waals surface area contributed by atoms with Crippen molar-refractivity contribution in [3.63, 3.8) is 0 Å². The second-order valence-corrected chi connectivity index (χ2v) is 8.74. The molecule has 0 radical (unpaired) electrons. The number of piperidine rings is 1. The van der Waals surface area contributed by atoms with E-state index < -0.39 is 0 Å². The van der Waals surface area contributed by atoms with Gasteiger partial charge in [-0.3, -0.25) is 4.79 Å². The zero-order valence-corrected chi connectivity index (χ0v) is 18.9. The third-order valence-corrected chi connectivity index (χ3v) is 5.92. The molecule has 1 aliphatic heterocycles. The number of fused-ring (bicyclic) bond motifs is 1. The highest BCUT2D eigenvalue weighted by molar-refractivity contribution is 7.98. The standard InChI is InChI=1S/C21H28N8OS/c1-13(2)16-12-25-29-18(16)27-21(31-3)28-20(29)24-10-14-6-7-17(23-9-14)26-19(30)15-5-4-8-22-11-15/h6-7,9,12-13,15,22H,4-5,8,10-11H2,1-3H3,(H,23,26,30)(H,24,27,28). The summed E-state index contributed by atoms with van der Waals surface area (Å²) in [5, 5.41) is 14.7. The van der Waals surface area contributed by atoms with Crippen molar-refractivity contribution in [2.45, 2.75) is 44.3 Å². The van der Waals surface area contributed by atoms with Crippen molar-refractivity contribution >= 4 is 35.1 Å². The quantitative estimate of drug-likeness (QED) is 0.481. The van der Waals surface area contributed by atoms with E-state index in [1.807, 2.05) is 24.6 Å². The molecule has 1 fully saturated rings. The highest BCUT2D eigenvalue weighted by Crippen LogP contribution is 2.23. The van der Waals surface area contributed by atoms with Crippen LogP contribution in [0.2, 0.25) is 0 Å². The predicted molar refractivity (Wildman–Crippen MR) is 122 cm³/mol. The summed E-state index contributed by atoms with van der Waals surface area (Å²) in [6.45, 7) is 6.50. The first-order valence-electron chi connectivity index (χ1n) is 10.5. The van der Waals surface area contributed by atoms with E-state index in [9.17, 15) is 4.79 Å². The summed E-state index contributed by atoms with van der Waals surface area (Å²) in [6, 6.07) is 3.78. The van der Waals surface area contributed by atoms with Gasteiger partial charge < -0.3 is 16.0 Å². The Bertz CT molecular complexity index is 1040. The molecule has 1 aliphatic rings. The van der Waals surface area contributed by atoms with E-state index in [0.717, 1.165) is 42.7 Å². The fraction of sp³-hybridized carbons (Fsp3) is 0.476. The molecule has 31 heavy (non-hydrogen) atoms. The lowest BCUT2D eigenvalue weighted by atomic mass is 9.99. The Hall–Kier alpha value is -2.72. The first-order chi connectivity index (χ1) is 15.0. The number of nitrogens with one attached hydrogen (secondary N) is 3. The first kappa shape index (κ1) is 21.5. The molecule has 0 aliphatic carbocycles. The molecule has 0 bridgehead atoms. The Morgan fingerprint density at radius 1 is 1.32 bits per heavy atom. The maximum Gasteiger partial charge on any atom is 0.229 e. The molecule has 0 spiro atoms. The third-order valence-electron chi connectivity index (χ3n) is 5.37. The van der Waals surface area contributed by atoms with Crippen molar-refractivity contribution in [2.24, 2.45) is 5.92 Å². The highest BCUT2D eigenvalue weighted by Gasteiger charge is 2.21. The third kappa shape index (κ3) is 4.96. The van der Waals surface area contributed by atoms with Crippen LogP contribution >= 0.6 is 11.8 Å². The molecule has 0 aromatic carbocycles. The molecule has 0 saturated carbocycles. The summed E-state index contributed by atoms with van der Waals surface area (Å²) in [5.74, 6) is 1.57. The van der Waals surface area contributed by atoms with Crippen molar-refractivity contribution in [1.29, 1.82) is 0 Å². The van der Waals surface area contributed by atoms with E-state index in [4.69, 9.17) is 0 Å². The number of anilines is 2. The minimum absolute atomic E-state index is 0.00694. The predicted octanol–water partition coefficient (Wildman–Crippen LogP) is 2.91. The zero-order chi connectivity index (χ0) is 21.8. The van der Waals surface area contributed by atoms with Gasteiger partial charge in [0.1, 0.15) is 5.82 Å². The Labute approximate surface area is 185 Å². The normalized spacial score (nSPS) is 16.6. The van der Waals surface area contributed by atoms with Gasteiger partial charge in [0.2, 0.25) is 11.9 Å². The zero-order valence-electron chi connectivity index (χ0n) is 18.1. The van der Waals surface area contributed by atoms with Crippen LogP contribution in [0, 0.1) is 5.92 Å². The van der Waals surface area contributed by atoms with Gasteiger partial charge in [0.25, 0.3) is 0 Å². The molecular formula is C21H28N8OS. The molecule has 3 aromatic rings. The summed E-state index contributed by atoms with van der Waals surface area (Å²) in [7, 11) is 0. The second-order valence-electron chi connectivity index (χ2n) is 7.96. The molecule has 1 amide bonds. The number of rotatable bonds is 7. The molecule has 4 heterocycles. The molecule has 1 saturated heterocycles. The molecular weight excluding hydrogens is 412 g/mol. The SMILES string of the molecule is CSc1nc(NCc2ccc(NC(=O)C3CCCNC3)nc2)n2ncc(C(C)C)c2n1. The van der Waals surface area contributed by atoms with E-state index in [1.165, 1.54) is 11.8 Å². The molecule has 1 unspecified atom stereocenters. The second kappa shape index (κ2) is 9.61. The van der Waals surface area contributed by atoms with Crippen molar-refractivity contribution in [3.05, 3.63) is 35.7 Å². The van der Waals surface area contributed by atoms with Gasteiger partial charge in [-0.1, -0.05) is 31.7 Å². The minimum atomic E-state index is 0.00694. The Kier molecular flexibility index (Phi) is 6.67. The van der Waals surface area contributed by atoms with Crippen molar-refractivity contribution in [2.75, 3.05) is 30.0 Å². The fourth-order valence-electron chi connectivity index (χ4n) is 3.58. The van der Waals surface area contributed by atoms with Gasteiger partial charge in [0.05, 0.1) is 12.1 Å². The van der Waals surface area contributed by atoms with Crippen LogP contribution in [0.1, 0.15) is 43.7 Å². The van der Waals surface area contributed by atoms with E-state index >= 15 is 0 Å². The van der Waals surface area contributed by atoms with Gasteiger partial charge in [0, 0.05) is 24.8 Å². The van der Waals surface area contributed by atoms with Crippen molar-refractivity contribution < 1.29 is 4.79 Å². The van der Waals surface area contributed by atoms with Crippen LogP contribution in [0.25, 0.3) is 5.65 Å². The molecule has 164 valence electrons. The highest BCUT2D eigenvalue weighted by atomic mass is 32.2. The van der Waals surface area contributed by atoms with Gasteiger partial charge in [0.15, 0.2) is 10.8 Å². The van der Waals surface area contributed by atoms with Gasteiger partial charge in [-0.05, 0) is 43.2 Å². The number of hydrogen-bond acceptors (Lipinski definition) is 8. The average molecular weight is 441 g/mol. The Morgan fingerprint density at radius 2 is 2.19 bits per heavy atom. The van der Waals surface area contributed by atoms with Crippen LogP contribution in [-0.2, 0) is 11.3 Å². The number of carbonyl (C=O) groups is 1. The largest absolute Gasteiger partial charge is 0.350 e. The number of amides is 1. The summed E-state index contributed by atoms with van der Waals surface area (Å²) < 4.78 is 1.75. The summed E-state index contributed by atoms with van der Waals surface area (Å²) in [5.41, 5.74) is 2.90. The molecule has 3 N–H and O–H groups in total. The van der Waals surface area contributed by atoms with Crippen LogP contribution in [0.4, 0.5) is 11.8 Å². The maximum atomic E-state index is 12.4. The van der Waals surface area contributed by atoms with E-state index in [-0.39, 0.29) is 11.8 Å². The molecule has 4 rings (SSSR count). The Balaban J connectivity index is 1.43. The molecule has 1 atom stereocenters. The van der Waals surface area contributed by atoms with Crippen LogP contribution in [-0.4, -0.2) is 49.8 Å². The number of aromatic nitrogens is 5. The maximum absolute atomic E-state index is 12.4. The Morgan fingerprint density at radius 3 is 2.87 bits per heavy atom. The lowest BCUT2D eigenvalue weighted by molar-refractivity contribution is -0.120. The average Bonchev–Trinajstić information content (AvgIpc) is 3.23. The molecule has 9 nitrogen and oxygen atoms in total. The lowest BCUT2D eigenvalue weighted by Gasteiger charge is -2.21.